The van der Waals surface area contributed by atoms with Crippen LogP contribution in [0.3, 0.4) is 0 Å². The van der Waals surface area contributed by atoms with Crippen molar-refractivity contribution in [1.29, 1.82) is 0 Å². The summed E-state index contributed by atoms with van der Waals surface area (Å²) in [5.74, 6) is -0.0710. The molecule has 35 heavy (non-hydrogen) atoms. The summed E-state index contributed by atoms with van der Waals surface area (Å²) in [6.45, 7) is 0. The number of nitrogens with one attached hydrogen (secondary N) is 1. The Labute approximate surface area is 204 Å². The van der Waals surface area contributed by atoms with Crippen molar-refractivity contribution in [2.45, 2.75) is 5.78 Å². The van der Waals surface area contributed by atoms with Gasteiger partial charge in [0.15, 0.2) is 5.78 Å². The largest absolute Gasteiger partial charge is 0.506 e. The fourth-order valence-corrected chi connectivity index (χ4v) is 5.75. The molecule has 0 bridgehead atoms. The summed E-state index contributed by atoms with van der Waals surface area (Å²) in [7, 11) is -3.98. The van der Waals surface area contributed by atoms with Crippen LogP contribution in [0.1, 0.15) is 11.3 Å². The second-order valence-corrected chi connectivity index (χ2v) is 9.98. The van der Waals surface area contributed by atoms with Gasteiger partial charge in [0.05, 0.1) is 5.69 Å². The Balaban J connectivity index is 1.65. The Morgan fingerprint density at radius 1 is 0.629 bits per heavy atom. The first-order chi connectivity index (χ1) is 17.1. The van der Waals surface area contributed by atoms with E-state index in [4.69, 9.17) is 9.05 Å². The van der Waals surface area contributed by atoms with E-state index in [1.54, 1.807) is 48.5 Å². The Morgan fingerprint density at radius 2 is 1.17 bits per heavy atom. The van der Waals surface area contributed by atoms with Crippen LogP contribution in [0.2, 0.25) is 0 Å². The van der Waals surface area contributed by atoms with Crippen LogP contribution < -0.4 is 14.4 Å². The Hall–Kier alpha value is -4.21. The summed E-state index contributed by atoms with van der Waals surface area (Å²) in [4.78, 5) is 0. The zero-order valence-corrected chi connectivity index (χ0v) is 19.7. The van der Waals surface area contributed by atoms with Crippen molar-refractivity contribution in [3.63, 3.8) is 0 Å². The topological polar surface area (TPSA) is 67.8 Å². The summed E-state index contributed by atoms with van der Waals surface area (Å²) in [6, 6.07) is 38.5. The third kappa shape index (κ3) is 5.16. The van der Waals surface area contributed by atoms with E-state index in [0.29, 0.717) is 22.7 Å². The summed E-state index contributed by atoms with van der Waals surface area (Å²) in [5, 5.41) is 15.8. The molecule has 0 aliphatic rings. The highest BCUT2D eigenvalue weighted by Gasteiger charge is 2.41. The molecule has 0 amide bonds. The lowest BCUT2D eigenvalue weighted by molar-refractivity contribution is 0.376. The molecule has 1 atom stereocenters. The molecule has 0 heterocycles. The molecule has 1 unspecified atom stereocenters. The van der Waals surface area contributed by atoms with Crippen LogP contribution in [0.4, 0.5) is 5.69 Å². The van der Waals surface area contributed by atoms with Gasteiger partial charge in [-0.15, -0.1) is 0 Å². The fourth-order valence-electron chi connectivity index (χ4n) is 3.85. The van der Waals surface area contributed by atoms with Gasteiger partial charge in [-0.25, -0.2) is 4.57 Å². The van der Waals surface area contributed by atoms with Crippen LogP contribution in [-0.4, -0.2) is 5.11 Å². The van der Waals surface area contributed by atoms with Crippen LogP contribution in [-0.2, 0) is 4.57 Å². The standard InChI is InChI=1S/C29H24NO4P/c31-28-18-10-9-17-27(28)30-29(24-20-19-22-11-7-8-12-23(22)21-24)35(32,33-25-13-3-1-4-14-25)34-26-15-5-2-6-16-26/h1-21,29-31H. The number of benzene rings is 5. The van der Waals surface area contributed by atoms with Gasteiger partial charge >= 0.3 is 7.60 Å². The second-order valence-electron chi connectivity index (χ2n) is 8.02. The van der Waals surface area contributed by atoms with Crippen LogP contribution >= 0.6 is 7.60 Å². The van der Waals surface area contributed by atoms with Crippen LogP contribution in [0.25, 0.3) is 10.8 Å². The molecule has 0 aromatic heterocycles. The van der Waals surface area contributed by atoms with Gasteiger partial charge in [0.1, 0.15) is 17.2 Å². The summed E-state index contributed by atoms with van der Waals surface area (Å²) >= 11 is 0. The van der Waals surface area contributed by atoms with Gasteiger partial charge in [-0.2, -0.15) is 0 Å². The number of para-hydroxylation sites is 4. The predicted octanol–water partition coefficient (Wildman–Crippen LogP) is 8.01. The van der Waals surface area contributed by atoms with E-state index in [2.05, 4.69) is 5.32 Å². The molecule has 0 saturated heterocycles. The zero-order chi connectivity index (χ0) is 24.1. The van der Waals surface area contributed by atoms with E-state index in [1.807, 2.05) is 78.9 Å². The first-order valence-electron chi connectivity index (χ1n) is 11.2. The molecular formula is C29H24NO4P. The van der Waals surface area contributed by atoms with E-state index in [1.165, 1.54) is 0 Å². The molecule has 0 aliphatic carbocycles. The highest BCUT2D eigenvalue weighted by atomic mass is 31.2. The molecule has 174 valence electrons. The number of fused-ring (bicyclic) bond motifs is 1. The lowest BCUT2D eigenvalue weighted by Gasteiger charge is -2.29. The van der Waals surface area contributed by atoms with E-state index in [-0.39, 0.29) is 5.75 Å². The van der Waals surface area contributed by atoms with Crippen molar-refractivity contribution >= 4 is 24.1 Å². The minimum atomic E-state index is -3.98. The van der Waals surface area contributed by atoms with Crippen molar-refractivity contribution in [2.75, 3.05) is 5.32 Å². The Bertz CT molecular complexity index is 1430. The lowest BCUT2D eigenvalue weighted by atomic mass is 10.1. The maximum Gasteiger partial charge on any atom is 0.457 e. The highest BCUT2D eigenvalue weighted by Crippen LogP contribution is 2.60. The molecular weight excluding hydrogens is 457 g/mol. The quantitative estimate of drug-likeness (QED) is 0.174. The van der Waals surface area contributed by atoms with Crippen molar-refractivity contribution in [3.05, 3.63) is 133 Å². The van der Waals surface area contributed by atoms with Gasteiger partial charge in [-0.1, -0.05) is 84.9 Å². The number of phenols is 1. The number of phenolic OH excluding ortho intramolecular Hbond substituents is 1. The molecule has 0 fully saturated rings. The third-order valence-corrected chi connectivity index (χ3v) is 7.54. The Kier molecular flexibility index (Phi) is 6.42. The SMILES string of the molecule is O=P(Oc1ccccc1)(Oc1ccccc1)C(Nc1ccccc1O)c1ccc2ccccc2c1. The van der Waals surface area contributed by atoms with Gasteiger partial charge in [0.25, 0.3) is 0 Å². The van der Waals surface area contributed by atoms with Crippen LogP contribution in [0.15, 0.2) is 127 Å². The molecule has 5 nitrogen and oxygen atoms in total. The maximum atomic E-state index is 14.7. The minimum absolute atomic E-state index is 0.0317. The molecule has 0 spiro atoms. The smallest absolute Gasteiger partial charge is 0.457 e. The molecule has 5 rings (SSSR count). The van der Waals surface area contributed by atoms with Gasteiger partial charge in [-0.05, 0) is 58.8 Å². The van der Waals surface area contributed by atoms with Crippen LogP contribution in [0, 0.1) is 0 Å². The zero-order valence-electron chi connectivity index (χ0n) is 18.8. The molecule has 6 heteroatoms. The monoisotopic (exact) mass is 481 g/mol. The number of anilines is 1. The molecule has 5 aromatic carbocycles. The third-order valence-electron chi connectivity index (χ3n) is 5.55. The van der Waals surface area contributed by atoms with Gasteiger partial charge in [0, 0.05) is 0 Å². The summed E-state index contributed by atoms with van der Waals surface area (Å²) in [5.41, 5.74) is 1.11. The van der Waals surface area contributed by atoms with E-state index in [9.17, 15) is 9.67 Å². The number of hydrogen-bond acceptors (Lipinski definition) is 5. The average molecular weight is 481 g/mol. The van der Waals surface area contributed by atoms with Crippen molar-refractivity contribution in [1.82, 2.24) is 0 Å². The number of rotatable bonds is 8. The Morgan fingerprint density at radius 3 is 1.80 bits per heavy atom. The predicted molar refractivity (Wildman–Crippen MR) is 140 cm³/mol. The number of hydrogen-bond donors (Lipinski definition) is 2. The molecule has 0 aliphatic heterocycles. The molecule has 0 radical (unpaired) electrons. The average Bonchev–Trinajstić information content (AvgIpc) is 2.89. The second kappa shape index (κ2) is 9.96. The van der Waals surface area contributed by atoms with Crippen molar-refractivity contribution in [2.24, 2.45) is 0 Å². The fraction of sp³-hybridized carbons (Fsp3) is 0.0345. The number of aromatic hydroxyl groups is 1. The minimum Gasteiger partial charge on any atom is -0.506 e. The van der Waals surface area contributed by atoms with Gasteiger partial charge in [-0.3, -0.25) is 0 Å². The normalized spacial score (nSPS) is 12.1. The molecule has 2 N–H and O–H groups in total. The van der Waals surface area contributed by atoms with Crippen LogP contribution in [0.5, 0.6) is 17.2 Å². The molecule has 0 saturated carbocycles. The molecule has 5 aromatic rings. The van der Waals surface area contributed by atoms with E-state index < -0.39 is 13.4 Å². The maximum absolute atomic E-state index is 14.7. The summed E-state index contributed by atoms with van der Waals surface area (Å²) < 4.78 is 27.0. The summed E-state index contributed by atoms with van der Waals surface area (Å²) in [6.07, 6.45) is 0. The first-order valence-corrected chi connectivity index (χ1v) is 12.8. The van der Waals surface area contributed by atoms with E-state index in [0.717, 1.165) is 10.8 Å². The van der Waals surface area contributed by atoms with Crippen molar-refractivity contribution in [3.8, 4) is 17.2 Å². The highest BCUT2D eigenvalue weighted by molar-refractivity contribution is 7.55. The van der Waals surface area contributed by atoms with Gasteiger partial charge < -0.3 is 19.5 Å². The lowest BCUT2D eigenvalue weighted by Crippen LogP contribution is -2.18. The van der Waals surface area contributed by atoms with E-state index >= 15 is 0 Å². The first kappa shape index (κ1) is 22.6. The van der Waals surface area contributed by atoms with Gasteiger partial charge in [0.2, 0.25) is 0 Å². The van der Waals surface area contributed by atoms with Crippen molar-refractivity contribution < 1.29 is 18.7 Å².